The summed E-state index contributed by atoms with van der Waals surface area (Å²) in [4.78, 5) is 7.33. The molecule has 5 unspecified atom stereocenters. The fraction of sp³-hybridized carbons (Fsp3) is 1.00. The van der Waals surface area contributed by atoms with Crippen molar-refractivity contribution in [2.45, 2.75) is 24.3 Å². The number of alkyl halides is 2. The van der Waals surface area contributed by atoms with Crippen LogP contribution in [-0.4, -0.2) is 85.1 Å². The molecule has 2 bridgehead atoms. The van der Waals surface area contributed by atoms with Crippen LogP contribution in [0.25, 0.3) is 0 Å². The zero-order chi connectivity index (χ0) is 14.5. The van der Waals surface area contributed by atoms with Crippen molar-refractivity contribution in [2.24, 2.45) is 5.92 Å². The molecule has 2 heterocycles. The van der Waals surface area contributed by atoms with Crippen LogP contribution in [0.2, 0.25) is 0 Å². The normalized spacial score (nSPS) is 42.3. The molecule has 2 rings (SSSR count). The Hall–Kier alpha value is 0.420. The molecule has 0 radical (unpaired) electrons. The van der Waals surface area contributed by atoms with Gasteiger partial charge in [0.2, 0.25) is 0 Å². The molecule has 0 spiro atoms. The highest BCUT2D eigenvalue weighted by Gasteiger charge is 2.29. The number of fused-ring (bicyclic) bond motifs is 3. The van der Waals surface area contributed by atoms with E-state index in [-0.39, 0.29) is 16.9 Å². The van der Waals surface area contributed by atoms with Crippen molar-refractivity contribution in [2.75, 3.05) is 59.4 Å². The molecule has 6 heteroatoms. The second-order valence-corrected chi connectivity index (χ2v) is 7.04. The van der Waals surface area contributed by atoms with E-state index in [1.165, 1.54) is 13.0 Å². The molecule has 0 aromatic heterocycles. The molecule has 118 valence electrons. The Morgan fingerprint density at radius 2 is 1.70 bits per heavy atom. The van der Waals surface area contributed by atoms with Crippen molar-refractivity contribution in [3.8, 4) is 0 Å². The maximum absolute atomic E-state index is 6.69. The third-order valence-corrected chi connectivity index (χ3v) is 5.72. The van der Waals surface area contributed by atoms with Crippen LogP contribution >= 0.6 is 23.2 Å². The van der Waals surface area contributed by atoms with Crippen LogP contribution in [0, 0.1) is 5.92 Å². The monoisotopic (exact) mass is 322 g/mol. The minimum Gasteiger partial charge on any atom is -0.305 e. The molecule has 1 N–H and O–H groups in total. The van der Waals surface area contributed by atoms with Gasteiger partial charge in [0.1, 0.15) is 0 Å². The lowest BCUT2D eigenvalue weighted by Crippen LogP contribution is -2.52. The highest BCUT2D eigenvalue weighted by molar-refractivity contribution is 6.23. The average Bonchev–Trinajstić information content (AvgIpc) is 2.44. The summed E-state index contributed by atoms with van der Waals surface area (Å²) in [5, 5.41) is 3.41. The van der Waals surface area contributed by atoms with Gasteiger partial charge in [-0.2, -0.15) is 0 Å². The van der Waals surface area contributed by atoms with Crippen molar-refractivity contribution >= 4 is 23.2 Å². The Balaban J connectivity index is 2.09. The standard InChI is InChI=1S/C14H28Cl2N4/c1-12-13(15)17-4-7-19-6-3-5-18(2)8-10-20(11-9-19)14(12)16/h12-14,17H,3-11H2,1-2H3. The molecule has 0 amide bonds. The minimum atomic E-state index is -0.0550. The number of nitrogens with one attached hydrogen (secondary N) is 1. The molecule has 2 aliphatic heterocycles. The highest BCUT2D eigenvalue weighted by Crippen LogP contribution is 2.22. The molecule has 2 saturated heterocycles. The zero-order valence-corrected chi connectivity index (χ0v) is 14.2. The van der Waals surface area contributed by atoms with E-state index in [0.29, 0.717) is 0 Å². The van der Waals surface area contributed by atoms with E-state index in [1.54, 1.807) is 0 Å². The van der Waals surface area contributed by atoms with Gasteiger partial charge in [-0.1, -0.05) is 6.92 Å². The third kappa shape index (κ3) is 4.72. The Morgan fingerprint density at radius 1 is 0.950 bits per heavy atom. The van der Waals surface area contributed by atoms with Gasteiger partial charge in [-0.15, -0.1) is 23.2 Å². The molecule has 20 heavy (non-hydrogen) atoms. The third-order valence-electron chi connectivity index (χ3n) is 4.50. The molecule has 5 atom stereocenters. The molecule has 4 nitrogen and oxygen atoms in total. The van der Waals surface area contributed by atoms with Crippen LogP contribution in [0.3, 0.4) is 0 Å². The Morgan fingerprint density at radius 3 is 2.50 bits per heavy atom. The van der Waals surface area contributed by atoms with Gasteiger partial charge < -0.3 is 9.80 Å². The summed E-state index contributed by atoms with van der Waals surface area (Å²) in [6.07, 6.45) is 1.24. The summed E-state index contributed by atoms with van der Waals surface area (Å²) in [7, 11) is 2.20. The summed E-state index contributed by atoms with van der Waals surface area (Å²) in [5.41, 5.74) is -0.0570. The van der Waals surface area contributed by atoms with Crippen LogP contribution in [-0.2, 0) is 0 Å². The van der Waals surface area contributed by atoms with Gasteiger partial charge in [-0.05, 0) is 26.6 Å². The zero-order valence-electron chi connectivity index (χ0n) is 12.7. The molecule has 0 aromatic rings. The number of likely N-dealkylation sites (N-methyl/N-ethyl adjacent to an activating group) is 1. The van der Waals surface area contributed by atoms with Crippen molar-refractivity contribution in [3.05, 3.63) is 0 Å². The summed E-state index contributed by atoms with van der Waals surface area (Å²) in [6.45, 7) is 10.7. The number of hydrogen-bond acceptors (Lipinski definition) is 4. The number of rotatable bonds is 0. The number of hydrogen-bond donors (Lipinski definition) is 1. The largest absolute Gasteiger partial charge is 0.305 e. The highest BCUT2D eigenvalue weighted by atomic mass is 35.5. The SMILES string of the molecule is CC1C(Cl)NCCN2CCCN(C)CCN(CC2)C1Cl. The maximum Gasteiger partial charge on any atom is 0.0904 e. The van der Waals surface area contributed by atoms with E-state index in [2.05, 4.69) is 34.0 Å². The summed E-state index contributed by atoms with van der Waals surface area (Å²) < 4.78 is 0. The summed E-state index contributed by atoms with van der Waals surface area (Å²) in [6, 6.07) is 0. The maximum atomic E-state index is 6.69. The Bertz CT molecular complexity index is 292. The molecular formula is C14H28Cl2N4. The van der Waals surface area contributed by atoms with Gasteiger partial charge in [0, 0.05) is 45.2 Å². The van der Waals surface area contributed by atoms with Gasteiger partial charge in [0.25, 0.3) is 0 Å². The van der Waals surface area contributed by atoms with Gasteiger partial charge in [-0.25, -0.2) is 0 Å². The molecule has 2 aliphatic rings. The van der Waals surface area contributed by atoms with Crippen LogP contribution in [0.4, 0.5) is 0 Å². The lowest BCUT2D eigenvalue weighted by molar-refractivity contribution is 0.123. The first kappa shape index (κ1) is 16.8. The summed E-state index contributed by atoms with van der Waals surface area (Å²) in [5.74, 6) is 0.234. The lowest BCUT2D eigenvalue weighted by Gasteiger charge is -2.38. The lowest BCUT2D eigenvalue weighted by atomic mass is 10.1. The van der Waals surface area contributed by atoms with Gasteiger partial charge in [-0.3, -0.25) is 10.2 Å². The Labute approximate surface area is 133 Å². The molecule has 2 fully saturated rings. The average molecular weight is 323 g/mol. The summed E-state index contributed by atoms with van der Waals surface area (Å²) >= 11 is 13.1. The van der Waals surface area contributed by atoms with E-state index < -0.39 is 0 Å². The van der Waals surface area contributed by atoms with E-state index in [4.69, 9.17) is 23.2 Å². The fourth-order valence-corrected chi connectivity index (χ4v) is 3.62. The first-order chi connectivity index (χ1) is 9.58. The first-order valence-corrected chi connectivity index (χ1v) is 8.61. The molecule has 0 aromatic carbocycles. The quantitative estimate of drug-likeness (QED) is 0.536. The van der Waals surface area contributed by atoms with Crippen LogP contribution < -0.4 is 5.32 Å². The van der Waals surface area contributed by atoms with E-state index in [1.807, 2.05) is 0 Å². The number of halogens is 2. The van der Waals surface area contributed by atoms with E-state index >= 15 is 0 Å². The van der Waals surface area contributed by atoms with Gasteiger partial charge >= 0.3 is 0 Å². The minimum absolute atomic E-state index is 0.00206. The topological polar surface area (TPSA) is 21.8 Å². The second-order valence-electron chi connectivity index (χ2n) is 6.12. The van der Waals surface area contributed by atoms with E-state index in [0.717, 1.165) is 45.8 Å². The van der Waals surface area contributed by atoms with Crippen molar-refractivity contribution in [3.63, 3.8) is 0 Å². The molecule has 0 aliphatic carbocycles. The fourth-order valence-electron chi connectivity index (χ4n) is 2.96. The molecule has 0 saturated carbocycles. The van der Waals surface area contributed by atoms with Crippen molar-refractivity contribution in [1.29, 1.82) is 0 Å². The van der Waals surface area contributed by atoms with Gasteiger partial charge in [0.15, 0.2) is 0 Å². The number of nitrogens with zero attached hydrogens (tertiary/aromatic N) is 3. The van der Waals surface area contributed by atoms with E-state index in [9.17, 15) is 0 Å². The van der Waals surface area contributed by atoms with Crippen molar-refractivity contribution < 1.29 is 0 Å². The predicted molar refractivity (Wildman–Crippen MR) is 86.6 cm³/mol. The second kappa shape index (κ2) is 8.16. The smallest absolute Gasteiger partial charge is 0.0904 e. The van der Waals surface area contributed by atoms with Crippen LogP contribution in [0.5, 0.6) is 0 Å². The van der Waals surface area contributed by atoms with Crippen LogP contribution in [0.1, 0.15) is 13.3 Å². The Kier molecular flexibility index (Phi) is 6.85. The predicted octanol–water partition coefficient (Wildman–Crippen LogP) is 1.30. The van der Waals surface area contributed by atoms with Crippen LogP contribution in [0.15, 0.2) is 0 Å². The van der Waals surface area contributed by atoms with Crippen molar-refractivity contribution in [1.82, 2.24) is 20.0 Å². The molecular weight excluding hydrogens is 295 g/mol. The first-order valence-electron chi connectivity index (χ1n) is 7.74. The van der Waals surface area contributed by atoms with Gasteiger partial charge in [0.05, 0.1) is 11.0 Å².